The standard InChI is InChI=1S/C17H17NO4S3/c1-10-6-12-7-11(2-3-14(12)22-10)8-15-16(19)18(17(23)24-15)13-4-5-25(20,21)9-13/h2-3,7-8,10,13H,4-6,9H2,1H3/b15-8-/t10-,13-/m1/s1. The third-order valence-corrected chi connectivity index (χ3v) is 7.70. The van der Waals surface area contributed by atoms with E-state index in [0.29, 0.717) is 15.6 Å². The van der Waals surface area contributed by atoms with E-state index in [9.17, 15) is 13.2 Å². The van der Waals surface area contributed by atoms with Crippen LogP contribution in [0.3, 0.4) is 0 Å². The summed E-state index contributed by atoms with van der Waals surface area (Å²) >= 11 is 6.57. The molecule has 2 saturated heterocycles. The van der Waals surface area contributed by atoms with Gasteiger partial charge >= 0.3 is 0 Å². The molecule has 25 heavy (non-hydrogen) atoms. The lowest BCUT2D eigenvalue weighted by atomic mass is 10.1. The van der Waals surface area contributed by atoms with Crippen LogP contribution in [-0.2, 0) is 21.1 Å². The van der Waals surface area contributed by atoms with Gasteiger partial charge in [-0.1, -0.05) is 30.0 Å². The van der Waals surface area contributed by atoms with Gasteiger partial charge in [-0.2, -0.15) is 0 Å². The normalized spacial score (nSPS) is 29.3. The van der Waals surface area contributed by atoms with Crippen molar-refractivity contribution in [1.29, 1.82) is 0 Å². The SMILES string of the molecule is C[C@@H]1Cc2cc(/C=C3\SC(=S)N([C@@H]4CCS(=O)(=O)C4)C3=O)ccc2O1. The van der Waals surface area contributed by atoms with Gasteiger partial charge in [0.2, 0.25) is 0 Å². The zero-order valence-electron chi connectivity index (χ0n) is 13.6. The average molecular weight is 396 g/mol. The fourth-order valence-corrected chi connectivity index (χ4v) is 6.56. The molecule has 0 saturated carbocycles. The van der Waals surface area contributed by atoms with E-state index in [2.05, 4.69) is 0 Å². The maximum atomic E-state index is 12.7. The van der Waals surface area contributed by atoms with Gasteiger partial charge in [0.1, 0.15) is 16.2 Å². The minimum atomic E-state index is -3.06. The van der Waals surface area contributed by atoms with E-state index in [1.807, 2.05) is 31.2 Å². The summed E-state index contributed by atoms with van der Waals surface area (Å²) in [5, 5.41) is 0. The number of hydrogen-bond acceptors (Lipinski definition) is 6. The quantitative estimate of drug-likeness (QED) is 0.566. The number of thiocarbonyl (C=S) groups is 1. The number of carbonyl (C=O) groups excluding carboxylic acids is 1. The molecule has 0 radical (unpaired) electrons. The Morgan fingerprint density at radius 2 is 2.20 bits per heavy atom. The minimum Gasteiger partial charge on any atom is -0.490 e. The number of hydrogen-bond donors (Lipinski definition) is 0. The number of rotatable bonds is 2. The largest absolute Gasteiger partial charge is 0.490 e. The van der Waals surface area contributed by atoms with E-state index in [-0.39, 0.29) is 29.6 Å². The molecule has 1 aromatic rings. The molecule has 3 heterocycles. The molecule has 5 nitrogen and oxygen atoms in total. The van der Waals surface area contributed by atoms with Crippen molar-refractivity contribution in [2.45, 2.75) is 31.9 Å². The number of fused-ring (bicyclic) bond motifs is 1. The summed E-state index contributed by atoms with van der Waals surface area (Å²) in [4.78, 5) is 14.8. The lowest BCUT2D eigenvalue weighted by Crippen LogP contribution is -2.39. The van der Waals surface area contributed by atoms with Gasteiger partial charge in [0.05, 0.1) is 22.5 Å². The first kappa shape index (κ1) is 17.1. The van der Waals surface area contributed by atoms with Crippen molar-refractivity contribution in [2.75, 3.05) is 11.5 Å². The molecular weight excluding hydrogens is 378 g/mol. The highest BCUT2D eigenvalue weighted by molar-refractivity contribution is 8.26. The second kappa shape index (κ2) is 6.10. The predicted molar refractivity (Wildman–Crippen MR) is 102 cm³/mol. The van der Waals surface area contributed by atoms with E-state index in [0.717, 1.165) is 23.3 Å². The Morgan fingerprint density at radius 3 is 2.92 bits per heavy atom. The fourth-order valence-electron chi connectivity index (χ4n) is 3.46. The summed E-state index contributed by atoms with van der Waals surface area (Å²) < 4.78 is 29.5. The second-order valence-corrected chi connectivity index (χ2v) is 10.5. The zero-order valence-corrected chi connectivity index (χ0v) is 16.0. The summed E-state index contributed by atoms with van der Waals surface area (Å²) in [5.41, 5.74) is 2.06. The first-order chi connectivity index (χ1) is 11.8. The molecule has 1 amide bonds. The van der Waals surface area contributed by atoms with E-state index in [4.69, 9.17) is 17.0 Å². The molecule has 3 aliphatic rings. The molecule has 132 valence electrons. The Hall–Kier alpha value is -1.38. The first-order valence-electron chi connectivity index (χ1n) is 8.09. The molecule has 0 aromatic heterocycles. The van der Waals surface area contributed by atoms with E-state index in [1.165, 1.54) is 16.7 Å². The Morgan fingerprint density at radius 1 is 1.40 bits per heavy atom. The molecule has 8 heteroatoms. The molecule has 0 aliphatic carbocycles. The van der Waals surface area contributed by atoms with Crippen molar-refractivity contribution in [1.82, 2.24) is 4.90 Å². The third kappa shape index (κ3) is 3.22. The third-order valence-electron chi connectivity index (χ3n) is 4.61. The zero-order chi connectivity index (χ0) is 17.8. The molecule has 0 N–H and O–H groups in total. The molecule has 1 aromatic carbocycles. The summed E-state index contributed by atoms with van der Waals surface area (Å²) in [6.45, 7) is 2.03. The average Bonchev–Trinajstić information content (AvgIpc) is 3.15. The Kier molecular flexibility index (Phi) is 4.16. The molecule has 3 aliphatic heterocycles. The first-order valence-corrected chi connectivity index (χ1v) is 11.1. The van der Waals surface area contributed by atoms with E-state index in [1.54, 1.807) is 0 Å². The highest BCUT2D eigenvalue weighted by Gasteiger charge is 2.42. The molecule has 2 atom stereocenters. The monoisotopic (exact) mass is 395 g/mol. The van der Waals surface area contributed by atoms with Crippen molar-refractivity contribution >= 4 is 50.1 Å². The van der Waals surface area contributed by atoms with Crippen LogP contribution in [0.4, 0.5) is 0 Å². The molecular formula is C17H17NO4S3. The van der Waals surface area contributed by atoms with Crippen molar-refractivity contribution < 1.29 is 17.9 Å². The summed E-state index contributed by atoms with van der Waals surface area (Å²) in [6, 6.07) is 5.54. The minimum absolute atomic E-state index is 0.000786. The smallest absolute Gasteiger partial charge is 0.266 e. The van der Waals surface area contributed by atoms with Crippen LogP contribution >= 0.6 is 24.0 Å². The van der Waals surface area contributed by atoms with Crippen LogP contribution in [0.15, 0.2) is 23.1 Å². The maximum absolute atomic E-state index is 12.7. The number of amides is 1. The summed E-state index contributed by atoms with van der Waals surface area (Å²) in [5.74, 6) is 0.827. The van der Waals surface area contributed by atoms with Crippen LogP contribution in [0.2, 0.25) is 0 Å². The predicted octanol–water partition coefficient (Wildman–Crippen LogP) is 2.40. The van der Waals surface area contributed by atoms with Gasteiger partial charge in [0, 0.05) is 6.42 Å². The van der Waals surface area contributed by atoms with E-state index < -0.39 is 9.84 Å². The maximum Gasteiger partial charge on any atom is 0.266 e. The van der Waals surface area contributed by atoms with Crippen LogP contribution in [0.25, 0.3) is 6.08 Å². The number of sulfone groups is 1. The molecule has 4 rings (SSSR count). The van der Waals surface area contributed by atoms with Crippen molar-refractivity contribution in [3.8, 4) is 5.75 Å². The number of carbonyl (C=O) groups is 1. The Balaban J connectivity index is 1.58. The Bertz CT molecular complexity index is 906. The lowest BCUT2D eigenvalue weighted by molar-refractivity contribution is -0.123. The van der Waals surface area contributed by atoms with Gasteiger partial charge in [-0.25, -0.2) is 8.42 Å². The highest BCUT2D eigenvalue weighted by atomic mass is 32.2. The van der Waals surface area contributed by atoms with Gasteiger partial charge in [0.25, 0.3) is 5.91 Å². The van der Waals surface area contributed by atoms with Crippen molar-refractivity contribution in [2.24, 2.45) is 0 Å². The van der Waals surface area contributed by atoms with Gasteiger partial charge in [-0.05, 0) is 42.7 Å². The van der Waals surface area contributed by atoms with Gasteiger partial charge in [-0.15, -0.1) is 0 Å². The molecule has 2 fully saturated rings. The highest BCUT2D eigenvalue weighted by Crippen LogP contribution is 2.37. The van der Waals surface area contributed by atoms with Gasteiger partial charge in [0.15, 0.2) is 9.84 Å². The number of nitrogens with zero attached hydrogens (tertiary/aromatic N) is 1. The van der Waals surface area contributed by atoms with Crippen LogP contribution in [0.1, 0.15) is 24.5 Å². The summed E-state index contributed by atoms with van der Waals surface area (Å²) in [7, 11) is -3.06. The van der Waals surface area contributed by atoms with Crippen LogP contribution < -0.4 is 4.74 Å². The van der Waals surface area contributed by atoms with Crippen LogP contribution in [-0.4, -0.2) is 47.2 Å². The van der Waals surface area contributed by atoms with Crippen LogP contribution in [0, 0.1) is 0 Å². The van der Waals surface area contributed by atoms with E-state index >= 15 is 0 Å². The van der Waals surface area contributed by atoms with Crippen molar-refractivity contribution in [3.63, 3.8) is 0 Å². The number of benzene rings is 1. The fraction of sp³-hybridized carbons (Fsp3) is 0.412. The summed E-state index contributed by atoms with van der Waals surface area (Å²) in [6.07, 6.45) is 3.31. The number of thioether (sulfide) groups is 1. The van der Waals surface area contributed by atoms with Crippen molar-refractivity contribution in [3.05, 3.63) is 34.2 Å². The Labute approximate surface area is 156 Å². The molecule has 0 spiro atoms. The molecule has 0 unspecified atom stereocenters. The second-order valence-electron chi connectivity index (χ2n) is 6.61. The topological polar surface area (TPSA) is 63.7 Å². The lowest BCUT2D eigenvalue weighted by Gasteiger charge is -2.20. The van der Waals surface area contributed by atoms with Gasteiger partial charge in [-0.3, -0.25) is 9.69 Å². The van der Waals surface area contributed by atoms with Crippen LogP contribution in [0.5, 0.6) is 5.75 Å². The molecule has 0 bridgehead atoms. The van der Waals surface area contributed by atoms with Gasteiger partial charge < -0.3 is 4.74 Å². The number of ether oxygens (including phenoxy) is 1.